The molecule has 0 radical (unpaired) electrons. The first kappa shape index (κ1) is 10.7. The molecule has 0 bridgehead atoms. The summed E-state index contributed by atoms with van der Waals surface area (Å²) in [5, 5.41) is 3.33. The van der Waals surface area contributed by atoms with Gasteiger partial charge in [-0.1, -0.05) is 5.92 Å². The van der Waals surface area contributed by atoms with Crippen LogP contribution in [-0.4, -0.2) is 11.5 Å². The smallest absolute Gasteiger partial charge is 0.0581 e. The number of rotatable bonds is 3. The molecule has 0 saturated heterocycles. The highest BCUT2D eigenvalue weighted by molar-refractivity contribution is 5.24. The van der Waals surface area contributed by atoms with Crippen molar-refractivity contribution in [2.75, 3.05) is 6.54 Å². The Morgan fingerprint density at radius 1 is 1.57 bits per heavy atom. The number of aryl methyl sites for hydroxylation is 1. The van der Waals surface area contributed by atoms with Crippen LogP contribution in [0.2, 0.25) is 0 Å². The minimum atomic E-state index is 0.310. The predicted molar refractivity (Wildman–Crippen MR) is 58.8 cm³/mol. The highest BCUT2D eigenvalue weighted by Crippen LogP contribution is 2.14. The fourth-order valence-electron chi connectivity index (χ4n) is 1.33. The lowest BCUT2D eigenvalue weighted by molar-refractivity contribution is 0.617. The summed E-state index contributed by atoms with van der Waals surface area (Å²) in [6.45, 7) is 6.80. The average molecular weight is 188 g/mol. The van der Waals surface area contributed by atoms with Crippen LogP contribution in [0.15, 0.2) is 18.5 Å². The zero-order chi connectivity index (χ0) is 10.4. The summed E-state index contributed by atoms with van der Waals surface area (Å²) in [6.07, 6.45) is 3.73. The molecular formula is C12H16N2. The summed E-state index contributed by atoms with van der Waals surface area (Å²) in [4.78, 5) is 4.12. The molecule has 1 aromatic heterocycles. The molecule has 1 unspecified atom stereocenters. The lowest BCUT2D eigenvalue weighted by atomic mass is 10.1. The Hall–Kier alpha value is -1.33. The lowest BCUT2D eigenvalue weighted by Crippen LogP contribution is -2.19. The Labute approximate surface area is 85.8 Å². The van der Waals surface area contributed by atoms with Gasteiger partial charge < -0.3 is 0 Å². The van der Waals surface area contributed by atoms with Gasteiger partial charge in [-0.05, 0) is 38.0 Å². The lowest BCUT2D eigenvalue weighted by Gasteiger charge is -2.13. The number of nitrogens with zero attached hydrogens (tertiary/aromatic N) is 1. The van der Waals surface area contributed by atoms with Gasteiger partial charge in [-0.15, -0.1) is 5.92 Å². The van der Waals surface area contributed by atoms with Crippen LogP contribution in [0.25, 0.3) is 0 Å². The largest absolute Gasteiger partial charge is 0.300 e. The van der Waals surface area contributed by atoms with Crippen molar-refractivity contribution in [1.82, 2.24) is 10.3 Å². The Kier molecular flexibility index (Phi) is 4.15. The Balaban J connectivity index is 2.63. The highest BCUT2D eigenvalue weighted by atomic mass is 14.9. The molecule has 0 spiro atoms. The summed E-state index contributed by atoms with van der Waals surface area (Å²) in [5.41, 5.74) is 2.51. The number of hydrogen-bond acceptors (Lipinski definition) is 2. The normalized spacial score (nSPS) is 11.6. The van der Waals surface area contributed by atoms with E-state index in [1.54, 1.807) is 0 Å². The first-order chi connectivity index (χ1) is 6.75. The second kappa shape index (κ2) is 5.41. The van der Waals surface area contributed by atoms with Crippen molar-refractivity contribution >= 4 is 0 Å². The van der Waals surface area contributed by atoms with E-state index in [2.05, 4.69) is 36.0 Å². The fourth-order valence-corrected chi connectivity index (χ4v) is 1.33. The summed E-state index contributed by atoms with van der Waals surface area (Å²) in [6, 6.07) is 2.34. The van der Waals surface area contributed by atoms with Crippen LogP contribution in [0.4, 0.5) is 0 Å². The molecule has 0 aliphatic heterocycles. The average Bonchev–Trinajstić information content (AvgIpc) is 2.18. The third kappa shape index (κ3) is 2.86. The van der Waals surface area contributed by atoms with Crippen LogP contribution in [0.1, 0.15) is 31.0 Å². The molecule has 2 heteroatoms. The quantitative estimate of drug-likeness (QED) is 0.734. The second-order valence-corrected chi connectivity index (χ2v) is 3.26. The van der Waals surface area contributed by atoms with Crippen molar-refractivity contribution in [3.63, 3.8) is 0 Å². The van der Waals surface area contributed by atoms with E-state index < -0.39 is 0 Å². The van der Waals surface area contributed by atoms with E-state index >= 15 is 0 Å². The molecule has 0 aliphatic carbocycles. The molecule has 1 heterocycles. The second-order valence-electron chi connectivity index (χ2n) is 3.26. The van der Waals surface area contributed by atoms with Gasteiger partial charge in [0.15, 0.2) is 0 Å². The van der Waals surface area contributed by atoms with Crippen molar-refractivity contribution in [3.05, 3.63) is 29.6 Å². The molecule has 1 aromatic rings. The third-order valence-electron chi connectivity index (χ3n) is 2.22. The van der Waals surface area contributed by atoms with E-state index in [1.165, 1.54) is 11.1 Å². The number of pyridine rings is 1. The van der Waals surface area contributed by atoms with Gasteiger partial charge in [-0.25, -0.2) is 0 Å². The summed E-state index contributed by atoms with van der Waals surface area (Å²) in [5.74, 6) is 5.85. The number of aromatic nitrogens is 1. The van der Waals surface area contributed by atoms with Gasteiger partial charge in [-0.3, -0.25) is 10.3 Å². The summed E-state index contributed by atoms with van der Waals surface area (Å²) in [7, 11) is 0. The Morgan fingerprint density at radius 2 is 2.36 bits per heavy atom. The van der Waals surface area contributed by atoms with Gasteiger partial charge in [0.1, 0.15) is 0 Å². The van der Waals surface area contributed by atoms with Gasteiger partial charge >= 0.3 is 0 Å². The molecule has 2 nitrogen and oxygen atoms in total. The summed E-state index contributed by atoms with van der Waals surface area (Å²) >= 11 is 0. The van der Waals surface area contributed by atoms with Crippen molar-refractivity contribution in [2.45, 2.75) is 26.8 Å². The van der Waals surface area contributed by atoms with E-state index in [0.717, 1.165) is 6.54 Å². The molecule has 0 saturated carbocycles. The van der Waals surface area contributed by atoms with Crippen LogP contribution in [0.5, 0.6) is 0 Å². The third-order valence-corrected chi connectivity index (χ3v) is 2.22. The predicted octanol–water partition coefficient (Wildman–Crippen LogP) is 2.06. The fraction of sp³-hybridized carbons (Fsp3) is 0.417. The maximum absolute atomic E-state index is 4.12. The van der Waals surface area contributed by atoms with Gasteiger partial charge in [0.05, 0.1) is 6.54 Å². The molecule has 0 amide bonds. The first-order valence-corrected chi connectivity index (χ1v) is 4.79. The van der Waals surface area contributed by atoms with Crippen molar-refractivity contribution in [1.29, 1.82) is 0 Å². The molecular weight excluding hydrogens is 172 g/mol. The number of hydrogen-bond donors (Lipinski definition) is 1. The minimum absolute atomic E-state index is 0.310. The zero-order valence-electron chi connectivity index (χ0n) is 8.96. The van der Waals surface area contributed by atoms with Gasteiger partial charge in [0, 0.05) is 18.4 Å². The minimum Gasteiger partial charge on any atom is -0.300 e. The monoisotopic (exact) mass is 188 g/mol. The van der Waals surface area contributed by atoms with E-state index in [-0.39, 0.29) is 0 Å². The zero-order valence-corrected chi connectivity index (χ0v) is 8.96. The molecule has 1 N–H and O–H groups in total. The van der Waals surface area contributed by atoms with Gasteiger partial charge in [0.2, 0.25) is 0 Å². The molecule has 1 atom stereocenters. The molecule has 74 valence electrons. The molecule has 0 aliphatic rings. The Bertz CT molecular complexity index is 347. The van der Waals surface area contributed by atoms with Crippen LogP contribution < -0.4 is 5.32 Å². The Morgan fingerprint density at radius 3 is 3.00 bits per heavy atom. The van der Waals surface area contributed by atoms with Crippen LogP contribution in [-0.2, 0) is 0 Å². The molecule has 14 heavy (non-hydrogen) atoms. The maximum Gasteiger partial charge on any atom is 0.0581 e. The van der Waals surface area contributed by atoms with Crippen LogP contribution >= 0.6 is 0 Å². The molecule has 0 aromatic carbocycles. The van der Waals surface area contributed by atoms with Gasteiger partial charge in [0.25, 0.3) is 0 Å². The number of nitrogens with one attached hydrogen (secondary N) is 1. The standard InChI is InChI=1S/C12H16N2/c1-4-5-7-14-11(3)12-9-13-8-6-10(12)2/h6,8-9,11,14H,7H2,1-3H3. The summed E-state index contributed by atoms with van der Waals surface area (Å²) < 4.78 is 0. The van der Waals surface area contributed by atoms with Crippen molar-refractivity contribution < 1.29 is 0 Å². The van der Waals surface area contributed by atoms with Crippen molar-refractivity contribution in [2.24, 2.45) is 0 Å². The maximum atomic E-state index is 4.12. The van der Waals surface area contributed by atoms with Gasteiger partial charge in [-0.2, -0.15) is 0 Å². The van der Waals surface area contributed by atoms with E-state index in [1.807, 2.05) is 25.4 Å². The topological polar surface area (TPSA) is 24.9 Å². The highest BCUT2D eigenvalue weighted by Gasteiger charge is 2.05. The van der Waals surface area contributed by atoms with E-state index in [0.29, 0.717) is 6.04 Å². The van der Waals surface area contributed by atoms with Crippen LogP contribution in [0.3, 0.4) is 0 Å². The van der Waals surface area contributed by atoms with E-state index in [9.17, 15) is 0 Å². The first-order valence-electron chi connectivity index (χ1n) is 4.79. The molecule has 1 rings (SSSR count). The van der Waals surface area contributed by atoms with E-state index in [4.69, 9.17) is 0 Å². The van der Waals surface area contributed by atoms with Crippen molar-refractivity contribution in [3.8, 4) is 11.8 Å². The molecule has 0 fully saturated rings. The SMILES string of the molecule is CC#CCNC(C)c1cnccc1C. The van der Waals surface area contributed by atoms with Crippen LogP contribution in [0, 0.1) is 18.8 Å².